The van der Waals surface area contributed by atoms with Gasteiger partial charge in [0.2, 0.25) is 0 Å². The second-order valence-electron chi connectivity index (χ2n) is 4.61. The Hall–Kier alpha value is 0.214. The van der Waals surface area contributed by atoms with Gasteiger partial charge in [-0.1, -0.05) is 13.2 Å². The van der Waals surface area contributed by atoms with Gasteiger partial charge in [-0.2, -0.15) is 0 Å². The lowest BCUT2D eigenvalue weighted by molar-refractivity contribution is 0.271. The largest absolute Gasteiger partial charge is 0.348 e. The van der Waals surface area contributed by atoms with E-state index < -0.39 is 32.3 Å². The maximum atomic E-state index is 12.3. The second-order valence-corrected chi connectivity index (χ2v) is 16.0. The highest BCUT2D eigenvalue weighted by molar-refractivity contribution is 7.63. The minimum Gasteiger partial charge on any atom is -0.321 e. The first kappa shape index (κ1) is 16.3. The molecule has 6 nitrogen and oxygen atoms in total. The summed E-state index contributed by atoms with van der Waals surface area (Å²) in [5, 5.41) is 0. The summed E-state index contributed by atoms with van der Waals surface area (Å²) < 4.78 is 46.3. The molecule has 1 rings (SSSR count). The zero-order valence-corrected chi connectivity index (χ0v) is 14.7. The lowest BCUT2D eigenvalue weighted by atomic mass is 11.3. The van der Waals surface area contributed by atoms with E-state index in [-0.39, 0.29) is 0 Å². The van der Waals surface area contributed by atoms with Crippen molar-refractivity contribution >= 4 is 32.3 Å². The lowest BCUT2D eigenvalue weighted by Gasteiger charge is -2.37. The average Bonchev–Trinajstić information content (AvgIpc) is 2.11. The molecule has 1 fully saturated rings. The van der Waals surface area contributed by atoms with E-state index in [0.29, 0.717) is 0 Å². The maximum Gasteiger partial charge on any atom is 0.348 e. The molecule has 0 unspecified atom stereocenters. The molecule has 0 aliphatic carbocycles. The van der Waals surface area contributed by atoms with Crippen LogP contribution in [-0.4, -0.2) is 17.1 Å². The van der Waals surface area contributed by atoms with Crippen LogP contribution in [0.15, 0.2) is 24.8 Å². The van der Waals surface area contributed by atoms with E-state index in [0.717, 1.165) is 11.6 Å². The zero-order valence-electron chi connectivity index (χ0n) is 10.9. The van der Waals surface area contributed by atoms with E-state index in [2.05, 4.69) is 13.2 Å². The van der Waals surface area contributed by atoms with Crippen LogP contribution in [0, 0.1) is 0 Å². The standard InChI is InChI=1S/C8H18O6P2Si2/c1-7-15(9)11-17(3,4)13-16(10,8-2)14-18(5,6)12-15/h7-8H,1-2H2,3-6H3. The highest BCUT2D eigenvalue weighted by Crippen LogP contribution is 2.63. The SMILES string of the molecule is C=CP1(=O)O[Si](C)(C)OP(=O)(C=C)O[Si](C)(C)O1. The van der Waals surface area contributed by atoms with Gasteiger partial charge in [0.1, 0.15) is 0 Å². The molecule has 1 aliphatic rings. The van der Waals surface area contributed by atoms with Crippen LogP contribution in [0.2, 0.25) is 26.2 Å². The third kappa shape index (κ3) is 4.11. The van der Waals surface area contributed by atoms with Crippen molar-refractivity contribution in [1.29, 1.82) is 0 Å². The van der Waals surface area contributed by atoms with Crippen LogP contribution in [0.5, 0.6) is 0 Å². The Morgan fingerprint density at radius 2 is 1.00 bits per heavy atom. The molecule has 18 heavy (non-hydrogen) atoms. The van der Waals surface area contributed by atoms with Crippen LogP contribution in [0.25, 0.3) is 0 Å². The van der Waals surface area contributed by atoms with Crippen LogP contribution >= 0.6 is 15.2 Å². The Kier molecular flexibility index (Phi) is 4.48. The molecule has 10 heteroatoms. The Bertz CT molecular complexity index is 395. The van der Waals surface area contributed by atoms with Crippen molar-refractivity contribution in [1.82, 2.24) is 0 Å². The van der Waals surface area contributed by atoms with Gasteiger partial charge in [-0.25, -0.2) is 0 Å². The molecule has 0 saturated carbocycles. The molecule has 0 amide bonds. The molecular formula is C8H18O6P2Si2. The number of rotatable bonds is 2. The first-order chi connectivity index (χ1) is 7.95. The monoisotopic (exact) mass is 328 g/mol. The Balaban J connectivity index is 3.22. The fraction of sp³-hybridized carbons (Fsp3) is 0.500. The summed E-state index contributed by atoms with van der Waals surface area (Å²) in [5.41, 5.74) is 0. The summed E-state index contributed by atoms with van der Waals surface area (Å²) in [6.45, 7) is 13.3. The summed E-state index contributed by atoms with van der Waals surface area (Å²) in [7, 11) is -12.9. The van der Waals surface area contributed by atoms with Gasteiger partial charge in [-0.05, 0) is 26.2 Å². The van der Waals surface area contributed by atoms with Crippen LogP contribution in [-0.2, 0) is 26.0 Å². The van der Waals surface area contributed by atoms with Crippen molar-refractivity contribution in [2.45, 2.75) is 26.2 Å². The van der Waals surface area contributed by atoms with Gasteiger partial charge in [-0.15, -0.1) is 0 Å². The minimum absolute atomic E-state index is 1.12. The molecule has 1 heterocycles. The predicted octanol–water partition coefficient (Wildman–Crippen LogP) is 4.14. The van der Waals surface area contributed by atoms with Crippen molar-refractivity contribution in [3.63, 3.8) is 0 Å². The van der Waals surface area contributed by atoms with E-state index in [1.165, 1.54) is 0 Å². The topological polar surface area (TPSA) is 71.1 Å². The summed E-state index contributed by atoms with van der Waals surface area (Å²) in [6, 6.07) is 0. The third-order valence-corrected chi connectivity index (χ3v) is 13.8. The maximum absolute atomic E-state index is 12.3. The quantitative estimate of drug-likeness (QED) is 0.560. The molecule has 0 N–H and O–H groups in total. The van der Waals surface area contributed by atoms with E-state index >= 15 is 0 Å². The van der Waals surface area contributed by atoms with Crippen molar-refractivity contribution in [2.24, 2.45) is 0 Å². The molecule has 104 valence electrons. The second kappa shape index (κ2) is 4.96. The lowest BCUT2D eigenvalue weighted by Crippen LogP contribution is -2.41. The Labute approximate surface area is 110 Å². The fourth-order valence-corrected chi connectivity index (χ4v) is 14.3. The molecule has 1 saturated heterocycles. The van der Waals surface area contributed by atoms with E-state index in [4.69, 9.17) is 16.9 Å². The molecule has 0 aromatic carbocycles. The normalized spacial score (nSPS) is 39.3. The molecule has 1 aliphatic heterocycles. The van der Waals surface area contributed by atoms with Crippen LogP contribution in [0.1, 0.15) is 0 Å². The first-order valence-electron chi connectivity index (χ1n) is 5.24. The minimum atomic E-state index is -3.49. The number of hydrogen-bond acceptors (Lipinski definition) is 6. The van der Waals surface area contributed by atoms with E-state index in [9.17, 15) is 9.13 Å². The van der Waals surface area contributed by atoms with Gasteiger partial charge in [0.15, 0.2) is 0 Å². The van der Waals surface area contributed by atoms with Gasteiger partial charge in [0.25, 0.3) is 0 Å². The summed E-state index contributed by atoms with van der Waals surface area (Å²) >= 11 is 0. The van der Waals surface area contributed by atoms with Crippen molar-refractivity contribution in [3.05, 3.63) is 24.8 Å². The molecule has 0 aromatic heterocycles. The molecule has 0 aromatic rings. The van der Waals surface area contributed by atoms with Crippen molar-refractivity contribution in [2.75, 3.05) is 0 Å². The summed E-state index contributed by atoms with van der Waals surface area (Å²) in [6.07, 6.45) is 0. The van der Waals surface area contributed by atoms with Gasteiger partial charge < -0.3 is 16.9 Å². The first-order valence-corrected chi connectivity index (χ1v) is 14.1. The summed E-state index contributed by atoms with van der Waals surface area (Å²) in [5.74, 6) is 2.24. The van der Waals surface area contributed by atoms with E-state index in [1.54, 1.807) is 26.2 Å². The summed E-state index contributed by atoms with van der Waals surface area (Å²) in [4.78, 5) is 0. The fourth-order valence-electron chi connectivity index (χ4n) is 1.45. The van der Waals surface area contributed by atoms with Crippen LogP contribution in [0.4, 0.5) is 0 Å². The predicted molar refractivity (Wildman–Crippen MR) is 74.9 cm³/mol. The average molecular weight is 328 g/mol. The Morgan fingerprint density at radius 3 is 1.17 bits per heavy atom. The van der Waals surface area contributed by atoms with Gasteiger partial charge in [0, 0.05) is 11.6 Å². The third-order valence-electron chi connectivity index (χ3n) is 1.84. The van der Waals surface area contributed by atoms with E-state index in [1.807, 2.05) is 0 Å². The van der Waals surface area contributed by atoms with Crippen molar-refractivity contribution < 1.29 is 26.0 Å². The smallest absolute Gasteiger partial charge is 0.321 e. The Morgan fingerprint density at radius 1 is 0.778 bits per heavy atom. The molecular weight excluding hydrogens is 310 g/mol. The molecule has 0 spiro atoms. The highest BCUT2D eigenvalue weighted by atomic mass is 31.2. The molecule has 0 bridgehead atoms. The zero-order chi connectivity index (χ0) is 14.2. The van der Waals surface area contributed by atoms with Crippen LogP contribution in [0.3, 0.4) is 0 Å². The number of hydrogen-bond donors (Lipinski definition) is 0. The molecule has 0 atom stereocenters. The van der Waals surface area contributed by atoms with Crippen LogP contribution < -0.4 is 0 Å². The van der Waals surface area contributed by atoms with Gasteiger partial charge in [-0.3, -0.25) is 9.13 Å². The van der Waals surface area contributed by atoms with Crippen molar-refractivity contribution in [3.8, 4) is 0 Å². The van der Waals surface area contributed by atoms with Gasteiger partial charge in [0.05, 0.1) is 0 Å². The van der Waals surface area contributed by atoms with Gasteiger partial charge >= 0.3 is 32.3 Å². The molecule has 0 radical (unpaired) electrons. The highest BCUT2D eigenvalue weighted by Gasteiger charge is 2.50.